The lowest BCUT2D eigenvalue weighted by Crippen LogP contribution is -2.36. The summed E-state index contributed by atoms with van der Waals surface area (Å²) >= 11 is 1.65. The summed E-state index contributed by atoms with van der Waals surface area (Å²) in [4.78, 5) is 40.4. The fourth-order valence-corrected chi connectivity index (χ4v) is 4.57. The molecule has 0 bridgehead atoms. The predicted octanol–water partition coefficient (Wildman–Crippen LogP) is 5.13. The lowest BCUT2D eigenvalue weighted by atomic mass is 9.92. The second kappa shape index (κ2) is 9.79. The van der Waals surface area contributed by atoms with Crippen LogP contribution in [-0.4, -0.2) is 22.5 Å². The van der Waals surface area contributed by atoms with Gasteiger partial charge in [0.25, 0.3) is 11.5 Å². The molecule has 5 nitrogen and oxygen atoms in total. The van der Waals surface area contributed by atoms with Crippen LogP contribution >= 0.6 is 11.8 Å². The summed E-state index contributed by atoms with van der Waals surface area (Å²) in [6, 6.07) is 17.2. The highest BCUT2D eigenvalue weighted by atomic mass is 32.2. The van der Waals surface area contributed by atoms with Crippen LogP contribution in [0.1, 0.15) is 70.1 Å². The zero-order valence-electron chi connectivity index (χ0n) is 19.2. The fraction of sp³-hybridized carbons (Fsp3) is 0.296. The van der Waals surface area contributed by atoms with Crippen molar-refractivity contribution in [3.05, 3.63) is 92.9 Å². The molecule has 0 fully saturated rings. The van der Waals surface area contributed by atoms with Gasteiger partial charge in [-0.25, -0.2) is 0 Å². The summed E-state index contributed by atoms with van der Waals surface area (Å²) in [5, 5.41) is 2.85. The summed E-state index contributed by atoms with van der Waals surface area (Å²) in [6.45, 7) is 4.53. The highest BCUT2D eigenvalue weighted by Gasteiger charge is 2.26. The number of carbonyl (C=O) groups excluding carboxylic acids is 2. The molecule has 0 spiro atoms. The fourth-order valence-electron chi connectivity index (χ4n) is 4.16. The number of ketones is 1. The van der Waals surface area contributed by atoms with Gasteiger partial charge in [-0.2, -0.15) is 0 Å². The Balaban J connectivity index is 1.71. The maximum Gasteiger partial charge on any atom is 0.268 e. The van der Waals surface area contributed by atoms with Gasteiger partial charge in [-0.15, -0.1) is 11.8 Å². The summed E-state index contributed by atoms with van der Waals surface area (Å²) in [6.07, 6.45) is 3.77. The Bertz CT molecular complexity index is 1240. The quantitative estimate of drug-likeness (QED) is 0.518. The van der Waals surface area contributed by atoms with Crippen molar-refractivity contribution < 1.29 is 9.59 Å². The average Bonchev–Trinajstić information content (AvgIpc) is 2.83. The molecular formula is C27H28N2O3S. The van der Waals surface area contributed by atoms with Crippen LogP contribution in [0.25, 0.3) is 5.69 Å². The van der Waals surface area contributed by atoms with E-state index in [1.54, 1.807) is 16.3 Å². The van der Waals surface area contributed by atoms with E-state index in [9.17, 15) is 14.4 Å². The van der Waals surface area contributed by atoms with Crippen molar-refractivity contribution in [2.75, 3.05) is 6.26 Å². The van der Waals surface area contributed by atoms with Gasteiger partial charge < -0.3 is 5.32 Å². The molecular weight excluding hydrogens is 432 g/mol. The standard InChI is InChI=1S/C27H28N2O3S/c1-17(2)19-9-11-20(12-10-19)29-24-5-4-6-25(30)22(24)15-23(27(29)32)26(31)28-16-18-7-13-21(33-3)14-8-18/h7-15,17H,4-6,16H2,1-3H3,(H,28,31). The smallest absolute Gasteiger partial charge is 0.268 e. The largest absolute Gasteiger partial charge is 0.348 e. The lowest BCUT2D eigenvalue weighted by Gasteiger charge is -2.22. The van der Waals surface area contributed by atoms with Crippen molar-refractivity contribution in [3.63, 3.8) is 0 Å². The molecule has 170 valence electrons. The Hall–Kier alpha value is -3.12. The van der Waals surface area contributed by atoms with E-state index in [1.807, 2.05) is 54.8 Å². The van der Waals surface area contributed by atoms with Gasteiger partial charge in [0.2, 0.25) is 0 Å². The van der Waals surface area contributed by atoms with Gasteiger partial charge in [-0.3, -0.25) is 19.0 Å². The molecule has 1 aliphatic rings. The van der Waals surface area contributed by atoms with Crippen molar-refractivity contribution in [1.82, 2.24) is 9.88 Å². The van der Waals surface area contributed by atoms with Crippen molar-refractivity contribution in [1.29, 1.82) is 0 Å². The first kappa shape index (κ1) is 23.1. The molecule has 1 aromatic heterocycles. The number of carbonyl (C=O) groups is 2. The zero-order chi connectivity index (χ0) is 23.5. The third-order valence-corrected chi connectivity index (χ3v) is 6.84. The Labute approximate surface area is 198 Å². The molecule has 6 heteroatoms. The topological polar surface area (TPSA) is 68.2 Å². The van der Waals surface area contributed by atoms with E-state index in [0.717, 1.165) is 16.0 Å². The number of hydrogen-bond donors (Lipinski definition) is 1. The van der Waals surface area contributed by atoms with E-state index in [2.05, 4.69) is 19.2 Å². The van der Waals surface area contributed by atoms with Gasteiger partial charge in [-0.1, -0.05) is 38.1 Å². The maximum atomic E-state index is 13.5. The van der Waals surface area contributed by atoms with E-state index in [0.29, 0.717) is 48.7 Å². The van der Waals surface area contributed by atoms with E-state index in [-0.39, 0.29) is 11.3 Å². The van der Waals surface area contributed by atoms with E-state index < -0.39 is 11.5 Å². The number of pyridine rings is 1. The number of nitrogens with one attached hydrogen (secondary N) is 1. The molecule has 0 aliphatic heterocycles. The monoisotopic (exact) mass is 460 g/mol. The van der Waals surface area contributed by atoms with Crippen LogP contribution < -0.4 is 10.9 Å². The summed E-state index contributed by atoms with van der Waals surface area (Å²) in [7, 11) is 0. The maximum absolute atomic E-state index is 13.5. The average molecular weight is 461 g/mol. The molecule has 4 rings (SSSR count). The SMILES string of the molecule is CSc1ccc(CNC(=O)c2cc3c(n(-c4ccc(C(C)C)cc4)c2=O)CCCC3=O)cc1. The van der Waals surface area contributed by atoms with Crippen molar-refractivity contribution >= 4 is 23.5 Å². The highest BCUT2D eigenvalue weighted by molar-refractivity contribution is 7.98. The van der Waals surface area contributed by atoms with Crippen LogP contribution in [-0.2, 0) is 13.0 Å². The molecule has 0 saturated carbocycles. The molecule has 1 heterocycles. The van der Waals surface area contributed by atoms with Crippen LogP contribution in [0, 0.1) is 0 Å². The number of Topliss-reactive ketones (excluding diaryl/α,β-unsaturated/α-hetero) is 1. The molecule has 1 amide bonds. The minimum absolute atomic E-state index is 0.00216. The van der Waals surface area contributed by atoms with Crippen molar-refractivity contribution in [2.24, 2.45) is 0 Å². The molecule has 0 atom stereocenters. The Morgan fingerprint density at radius 1 is 1.03 bits per heavy atom. The molecule has 33 heavy (non-hydrogen) atoms. The van der Waals surface area contributed by atoms with E-state index >= 15 is 0 Å². The first-order chi connectivity index (χ1) is 15.9. The number of nitrogens with zero attached hydrogens (tertiary/aromatic N) is 1. The normalized spacial score (nSPS) is 13.2. The summed E-state index contributed by atoms with van der Waals surface area (Å²) in [5.41, 5.74) is 3.56. The zero-order valence-corrected chi connectivity index (χ0v) is 20.0. The predicted molar refractivity (Wildman–Crippen MR) is 133 cm³/mol. The number of amides is 1. The van der Waals surface area contributed by atoms with Crippen LogP contribution in [0.4, 0.5) is 0 Å². The Morgan fingerprint density at radius 2 is 1.73 bits per heavy atom. The number of rotatable bonds is 6. The van der Waals surface area contributed by atoms with Crippen LogP contribution in [0.3, 0.4) is 0 Å². The van der Waals surface area contributed by atoms with Crippen LogP contribution in [0.2, 0.25) is 0 Å². The number of benzene rings is 2. The minimum Gasteiger partial charge on any atom is -0.348 e. The van der Waals surface area contributed by atoms with Gasteiger partial charge in [0.05, 0.1) is 0 Å². The first-order valence-electron chi connectivity index (χ1n) is 11.2. The van der Waals surface area contributed by atoms with Crippen LogP contribution in [0.15, 0.2) is 64.3 Å². The summed E-state index contributed by atoms with van der Waals surface area (Å²) < 4.78 is 1.55. The minimum atomic E-state index is -0.470. The van der Waals surface area contributed by atoms with E-state index in [4.69, 9.17) is 0 Å². The molecule has 0 unspecified atom stereocenters. The highest BCUT2D eigenvalue weighted by Crippen LogP contribution is 2.25. The van der Waals surface area contributed by atoms with Crippen molar-refractivity contribution in [3.8, 4) is 5.69 Å². The van der Waals surface area contributed by atoms with Gasteiger partial charge in [-0.05, 0) is 66.5 Å². The first-order valence-corrected chi connectivity index (χ1v) is 12.4. The third kappa shape index (κ3) is 4.81. The summed E-state index contributed by atoms with van der Waals surface area (Å²) in [5.74, 6) is -0.124. The molecule has 1 N–H and O–H groups in total. The number of fused-ring (bicyclic) bond motifs is 1. The van der Waals surface area contributed by atoms with Crippen LogP contribution in [0.5, 0.6) is 0 Å². The Morgan fingerprint density at radius 3 is 2.36 bits per heavy atom. The molecule has 0 radical (unpaired) electrons. The van der Waals surface area contributed by atoms with E-state index in [1.165, 1.54) is 6.07 Å². The third-order valence-electron chi connectivity index (χ3n) is 6.10. The molecule has 2 aromatic carbocycles. The number of thioether (sulfide) groups is 1. The van der Waals surface area contributed by atoms with Gasteiger partial charge in [0, 0.05) is 34.8 Å². The molecule has 3 aromatic rings. The lowest BCUT2D eigenvalue weighted by molar-refractivity contribution is 0.0949. The molecule has 1 aliphatic carbocycles. The Kier molecular flexibility index (Phi) is 6.84. The number of aromatic nitrogens is 1. The second-order valence-electron chi connectivity index (χ2n) is 8.61. The van der Waals surface area contributed by atoms with Gasteiger partial charge in [0.1, 0.15) is 5.56 Å². The van der Waals surface area contributed by atoms with Crippen molar-refractivity contribution in [2.45, 2.75) is 50.5 Å². The second-order valence-corrected chi connectivity index (χ2v) is 9.49. The molecule has 0 saturated heterocycles. The van der Waals surface area contributed by atoms with Gasteiger partial charge >= 0.3 is 0 Å². The number of hydrogen-bond acceptors (Lipinski definition) is 4. The van der Waals surface area contributed by atoms with Gasteiger partial charge in [0.15, 0.2) is 5.78 Å².